The van der Waals surface area contributed by atoms with Crippen molar-refractivity contribution in [2.45, 2.75) is 0 Å². The summed E-state index contributed by atoms with van der Waals surface area (Å²) in [5.74, 6) is 1.19. The highest BCUT2D eigenvalue weighted by atomic mass is 35.5. The van der Waals surface area contributed by atoms with E-state index in [4.69, 9.17) is 33.7 Å². The van der Waals surface area contributed by atoms with E-state index in [-0.39, 0.29) is 5.88 Å². The third kappa shape index (κ3) is 2.79. The van der Waals surface area contributed by atoms with Gasteiger partial charge in [0.15, 0.2) is 0 Å². The molecule has 1 aromatic carbocycles. The smallest absolute Gasteiger partial charge is 0.120 e. The topological polar surface area (TPSA) is 47.6 Å². The number of nitrogens with zero attached hydrogens (tertiary/aromatic N) is 1. The first kappa shape index (κ1) is 11.1. The molecule has 3 nitrogen and oxygen atoms in total. The van der Waals surface area contributed by atoms with Gasteiger partial charge in [0.25, 0.3) is 0 Å². The fourth-order valence-corrected chi connectivity index (χ4v) is 1.16. The van der Waals surface area contributed by atoms with Crippen LogP contribution in [0.15, 0.2) is 23.2 Å². The van der Waals surface area contributed by atoms with E-state index in [1.54, 1.807) is 25.3 Å². The molecular weight excluding hydrogens is 223 g/mol. The number of aliphatic imine (C=N–C) groups is 1. The molecule has 0 atom stereocenters. The van der Waals surface area contributed by atoms with Crippen molar-refractivity contribution in [1.29, 1.82) is 0 Å². The number of methoxy groups -OCH3 is 1. The third-order valence-electron chi connectivity index (χ3n) is 1.56. The van der Waals surface area contributed by atoms with Gasteiger partial charge in [-0.3, -0.25) is 0 Å². The summed E-state index contributed by atoms with van der Waals surface area (Å²) in [6.07, 6.45) is 0. The third-order valence-corrected chi connectivity index (χ3v) is 2.13. The second-order valence-electron chi connectivity index (χ2n) is 2.55. The fourth-order valence-electron chi connectivity index (χ4n) is 0.890. The standard InChI is InChI=1S/C9H10Cl2N2O/c1-14-6-2-3-8(7(11)4-6)13-9(12)5-10/h2-4H,5H2,1H3,(H2,12,13). The van der Waals surface area contributed by atoms with Crippen LogP contribution in [0.4, 0.5) is 5.69 Å². The van der Waals surface area contributed by atoms with Gasteiger partial charge in [0.2, 0.25) is 0 Å². The molecule has 0 spiro atoms. The summed E-state index contributed by atoms with van der Waals surface area (Å²) in [6.45, 7) is 0. The molecule has 1 aromatic rings. The minimum absolute atomic E-state index is 0.183. The van der Waals surface area contributed by atoms with Gasteiger partial charge >= 0.3 is 0 Å². The summed E-state index contributed by atoms with van der Waals surface area (Å²) in [7, 11) is 1.57. The van der Waals surface area contributed by atoms with Crippen molar-refractivity contribution in [1.82, 2.24) is 0 Å². The van der Waals surface area contributed by atoms with Crippen LogP contribution in [0.2, 0.25) is 5.02 Å². The predicted octanol–water partition coefficient (Wildman–Crippen LogP) is 2.58. The Morgan fingerprint density at radius 1 is 1.57 bits per heavy atom. The SMILES string of the molecule is COc1ccc(N=C(N)CCl)c(Cl)c1. The molecule has 0 amide bonds. The zero-order chi connectivity index (χ0) is 10.6. The Labute approximate surface area is 92.5 Å². The maximum absolute atomic E-state index is 5.92. The average Bonchev–Trinajstić information content (AvgIpc) is 2.20. The molecule has 0 radical (unpaired) electrons. The minimum Gasteiger partial charge on any atom is -0.497 e. The zero-order valence-corrected chi connectivity index (χ0v) is 9.14. The summed E-state index contributed by atoms with van der Waals surface area (Å²) in [6, 6.07) is 5.15. The number of halogens is 2. The van der Waals surface area contributed by atoms with Crippen LogP contribution in [0, 0.1) is 0 Å². The lowest BCUT2D eigenvalue weighted by molar-refractivity contribution is 0.415. The molecule has 76 valence electrons. The van der Waals surface area contributed by atoms with Gasteiger partial charge in [0, 0.05) is 6.07 Å². The average molecular weight is 233 g/mol. The van der Waals surface area contributed by atoms with Crippen molar-refractivity contribution in [3.63, 3.8) is 0 Å². The Morgan fingerprint density at radius 2 is 2.29 bits per heavy atom. The molecule has 0 aliphatic heterocycles. The lowest BCUT2D eigenvalue weighted by atomic mass is 10.3. The van der Waals surface area contributed by atoms with Gasteiger partial charge in [0.1, 0.15) is 11.6 Å². The molecule has 0 saturated carbocycles. The van der Waals surface area contributed by atoms with Crippen molar-refractivity contribution in [3.05, 3.63) is 23.2 Å². The molecule has 0 heterocycles. The van der Waals surface area contributed by atoms with E-state index in [1.807, 2.05) is 0 Å². The number of hydrogen-bond acceptors (Lipinski definition) is 2. The van der Waals surface area contributed by atoms with E-state index >= 15 is 0 Å². The van der Waals surface area contributed by atoms with Crippen molar-refractivity contribution >= 4 is 34.7 Å². The predicted molar refractivity (Wildman–Crippen MR) is 60.0 cm³/mol. The summed E-state index contributed by atoms with van der Waals surface area (Å²) in [4.78, 5) is 4.03. The maximum Gasteiger partial charge on any atom is 0.120 e. The number of rotatable bonds is 3. The lowest BCUT2D eigenvalue weighted by Gasteiger charge is -2.03. The summed E-state index contributed by atoms with van der Waals surface area (Å²) >= 11 is 11.4. The fraction of sp³-hybridized carbons (Fsp3) is 0.222. The van der Waals surface area contributed by atoms with Gasteiger partial charge in [-0.1, -0.05) is 11.6 Å². The molecule has 0 unspecified atom stereocenters. The van der Waals surface area contributed by atoms with Gasteiger partial charge in [-0.2, -0.15) is 0 Å². The second-order valence-corrected chi connectivity index (χ2v) is 3.23. The number of benzene rings is 1. The van der Waals surface area contributed by atoms with Crippen LogP contribution in [0.3, 0.4) is 0 Å². The Balaban J connectivity index is 3.00. The zero-order valence-electron chi connectivity index (χ0n) is 7.63. The number of alkyl halides is 1. The van der Waals surface area contributed by atoms with E-state index in [2.05, 4.69) is 4.99 Å². The summed E-state index contributed by atoms with van der Waals surface area (Å²) in [5, 5.41) is 0.484. The normalized spacial score (nSPS) is 11.5. The highest BCUT2D eigenvalue weighted by Gasteiger charge is 2.01. The Hall–Kier alpha value is -0.930. The first-order valence-corrected chi connectivity index (χ1v) is 4.81. The van der Waals surface area contributed by atoms with Crippen LogP contribution in [0.25, 0.3) is 0 Å². The van der Waals surface area contributed by atoms with E-state index in [1.165, 1.54) is 0 Å². The molecule has 0 fully saturated rings. The Morgan fingerprint density at radius 3 is 2.79 bits per heavy atom. The quantitative estimate of drug-likeness (QED) is 0.495. The van der Waals surface area contributed by atoms with Crippen LogP contribution in [-0.2, 0) is 0 Å². The molecule has 0 aliphatic rings. The van der Waals surface area contributed by atoms with Gasteiger partial charge in [-0.05, 0) is 12.1 Å². The van der Waals surface area contributed by atoms with Crippen molar-refractivity contribution in [2.75, 3.05) is 13.0 Å². The monoisotopic (exact) mass is 232 g/mol. The molecule has 5 heteroatoms. The van der Waals surface area contributed by atoms with Crippen molar-refractivity contribution < 1.29 is 4.74 Å². The Bertz CT molecular complexity index is 353. The van der Waals surface area contributed by atoms with Gasteiger partial charge in [0.05, 0.1) is 23.7 Å². The number of amidine groups is 1. The van der Waals surface area contributed by atoms with Crippen LogP contribution < -0.4 is 10.5 Å². The van der Waals surface area contributed by atoms with Crippen LogP contribution in [0.1, 0.15) is 0 Å². The highest BCUT2D eigenvalue weighted by Crippen LogP contribution is 2.28. The molecule has 0 aliphatic carbocycles. The molecule has 0 saturated heterocycles. The second kappa shape index (κ2) is 5.08. The summed E-state index contributed by atoms with van der Waals surface area (Å²) < 4.78 is 4.99. The number of hydrogen-bond donors (Lipinski definition) is 1. The largest absolute Gasteiger partial charge is 0.497 e. The van der Waals surface area contributed by atoms with Gasteiger partial charge < -0.3 is 10.5 Å². The van der Waals surface area contributed by atoms with Crippen LogP contribution in [0.5, 0.6) is 5.75 Å². The van der Waals surface area contributed by atoms with E-state index in [9.17, 15) is 0 Å². The molecular formula is C9H10Cl2N2O. The number of nitrogens with two attached hydrogens (primary N) is 1. The Kier molecular flexibility index (Phi) is 4.04. The molecule has 2 N–H and O–H groups in total. The summed E-state index contributed by atoms with van der Waals surface area (Å²) in [5.41, 5.74) is 6.06. The first-order valence-electron chi connectivity index (χ1n) is 3.90. The molecule has 14 heavy (non-hydrogen) atoms. The molecule has 0 aromatic heterocycles. The van der Waals surface area contributed by atoms with Crippen LogP contribution in [-0.4, -0.2) is 18.8 Å². The van der Waals surface area contributed by atoms with Gasteiger partial charge in [-0.25, -0.2) is 4.99 Å². The van der Waals surface area contributed by atoms with E-state index < -0.39 is 0 Å². The highest BCUT2D eigenvalue weighted by molar-refractivity contribution is 6.33. The maximum atomic E-state index is 5.92. The molecule has 1 rings (SSSR count). The van der Waals surface area contributed by atoms with Crippen LogP contribution >= 0.6 is 23.2 Å². The first-order chi connectivity index (χ1) is 6.67. The van der Waals surface area contributed by atoms with Crippen molar-refractivity contribution in [2.24, 2.45) is 10.7 Å². The molecule has 0 bridgehead atoms. The lowest BCUT2D eigenvalue weighted by Crippen LogP contribution is -2.12. The van der Waals surface area contributed by atoms with E-state index in [0.29, 0.717) is 22.3 Å². The van der Waals surface area contributed by atoms with Gasteiger partial charge in [-0.15, -0.1) is 11.6 Å². The van der Waals surface area contributed by atoms with Crippen molar-refractivity contribution in [3.8, 4) is 5.75 Å². The number of ether oxygens (including phenoxy) is 1. The van der Waals surface area contributed by atoms with E-state index in [0.717, 1.165) is 0 Å². The minimum atomic E-state index is 0.183.